The molecule has 114 valence electrons. The van der Waals surface area contributed by atoms with E-state index in [1.54, 1.807) is 4.90 Å². The summed E-state index contributed by atoms with van der Waals surface area (Å²) in [6.45, 7) is 6.02. The van der Waals surface area contributed by atoms with Gasteiger partial charge in [-0.2, -0.15) is 0 Å². The number of amidine groups is 1. The Labute approximate surface area is 125 Å². The lowest BCUT2D eigenvalue weighted by Gasteiger charge is -2.33. The van der Waals surface area contributed by atoms with E-state index in [4.69, 9.17) is 9.73 Å². The summed E-state index contributed by atoms with van der Waals surface area (Å²) in [7, 11) is 0. The number of piperidine rings is 1. The van der Waals surface area contributed by atoms with E-state index >= 15 is 0 Å². The largest absolute Gasteiger partial charge is 0.450 e. The molecule has 1 saturated heterocycles. The van der Waals surface area contributed by atoms with Crippen molar-refractivity contribution < 1.29 is 9.53 Å². The number of hydrogen-bond donors (Lipinski definition) is 1. The maximum absolute atomic E-state index is 11.6. The van der Waals surface area contributed by atoms with Crippen molar-refractivity contribution >= 4 is 23.0 Å². The lowest BCUT2D eigenvalue weighted by atomic mass is 10.1. The second-order valence-corrected chi connectivity index (χ2v) is 6.32. The number of amides is 1. The minimum Gasteiger partial charge on any atom is -0.450 e. The Balaban J connectivity index is 1.77. The molecule has 2 aliphatic heterocycles. The van der Waals surface area contributed by atoms with Crippen LogP contribution in [0, 0.1) is 0 Å². The Morgan fingerprint density at radius 1 is 1.40 bits per heavy atom. The lowest BCUT2D eigenvalue weighted by Crippen LogP contribution is -2.46. The van der Waals surface area contributed by atoms with Crippen molar-refractivity contribution in [3.8, 4) is 0 Å². The van der Waals surface area contributed by atoms with Crippen molar-refractivity contribution in [2.45, 2.75) is 51.6 Å². The van der Waals surface area contributed by atoms with Crippen molar-refractivity contribution in [1.82, 2.24) is 10.2 Å². The van der Waals surface area contributed by atoms with Gasteiger partial charge in [-0.05, 0) is 32.6 Å². The third-order valence-electron chi connectivity index (χ3n) is 3.81. The van der Waals surface area contributed by atoms with E-state index in [0.29, 0.717) is 18.7 Å². The molecule has 0 spiro atoms. The summed E-state index contributed by atoms with van der Waals surface area (Å²) >= 11 is 1.82. The fourth-order valence-electron chi connectivity index (χ4n) is 2.53. The average Bonchev–Trinajstić information content (AvgIpc) is 2.48. The van der Waals surface area contributed by atoms with Crippen LogP contribution in [0.1, 0.15) is 39.5 Å². The fraction of sp³-hybridized carbons (Fsp3) is 0.857. The number of aliphatic imine (C=N–C) groups is 1. The molecule has 1 fully saturated rings. The molecule has 20 heavy (non-hydrogen) atoms. The zero-order valence-electron chi connectivity index (χ0n) is 12.4. The third kappa shape index (κ3) is 4.30. The fourth-order valence-corrected chi connectivity index (χ4v) is 3.59. The maximum atomic E-state index is 11.6. The van der Waals surface area contributed by atoms with Crippen molar-refractivity contribution in [2.75, 3.05) is 25.4 Å². The van der Waals surface area contributed by atoms with Gasteiger partial charge in [-0.3, -0.25) is 4.99 Å². The Kier molecular flexibility index (Phi) is 6.01. The molecular weight excluding hydrogens is 274 g/mol. The van der Waals surface area contributed by atoms with E-state index in [-0.39, 0.29) is 6.09 Å². The molecule has 5 nitrogen and oxygen atoms in total. The van der Waals surface area contributed by atoms with Crippen LogP contribution in [0.15, 0.2) is 4.99 Å². The summed E-state index contributed by atoms with van der Waals surface area (Å²) in [5, 5.41) is 4.64. The summed E-state index contributed by atoms with van der Waals surface area (Å²) in [5.74, 6) is 1.16. The number of likely N-dealkylation sites (tertiary alicyclic amines) is 1. The number of carbonyl (C=O) groups excluding carboxylic acids is 1. The highest BCUT2D eigenvalue weighted by Crippen LogP contribution is 2.20. The molecule has 2 heterocycles. The summed E-state index contributed by atoms with van der Waals surface area (Å²) in [6.07, 6.45) is 4.06. The molecule has 2 aliphatic rings. The number of carbonyl (C=O) groups is 1. The standard InChI is InChI=1S/C14H25N3O2S/c1-3-11-7-10-20-13(15-11)16-12-5-8-17(9-6-12)14(18)19-4-2/h11-12H,3-10H2,1-2H3,(H,15,16). The van der Waals surface area contributed by atoms with Gasteiger partial charge in [-0.25, -0.2) is 4.79 Å². The Bertz CT molecular complexity index is 354. The van der Waals surface area contributed by atoms with Gasteiger partial charge in [0.1, 0.15) is 0 Å². The topological polar surface area (TPSA) is 53.9 Å². The highest BCUT2D eigenvalue weighted by molar-refractivity contribution is 8.13. The molecule has 1 atom stereocenters. The van der Waals surface area contributed by atoms with Crippen molar-refractivity contribution in [1.29, 1.82) is 0 Å². The smallest absolute Gasteiger partial charge is 0.409 e. The summed E-state index contributed by atoms with van der Waals surface area (Å²) < 4.78 is 5.03. The predicted molar refractivity (Wildman–Crippen MR) is 83.3 cm³/mol. The lowest BCUT2D eigenvalue weighted by molar-refractivity contribution is 0.0964. The molecule has 0 aromatic carbocycles. The summed E-state index contributed by atoms with van der Waals surface area (Å²) in [4.78, 5) is 18.2. The second-order valence-electron chi connectivity index (χ2n) is 5.24. The van der Waals surface area contributed by atoms with Crippen molar-refractivity contribution in [3.63, 3.8) is 0 Å². The van der Waals surface area contributed by atoms with Gasteiger partial charge in [-0.15, -0.1) is 0 Å². The molecule has 0 bridgehead atoms. The highest BCUT2D eigenvalue weighted by atomic mass is 32.2. The van der Waals surface area contributed by atoms with E-state index in [9.17, 15) is 4.79 Å². The quantitative estimate of drug-likeness (QED) is 0.870. The number of thioether (sulfide) groups is 1. The van der Waals surface area contributed by atoms with Crippen LogP contribution in [0.5, 0.6) is 0 Å². The van der Waals surface area contributed by atoms with Crippen molar-refractivity contribution in [3.05, 3.63) is 0 Å². The highest BCUT2D eigenvalue weighted by Gasteiger charge is 2.25. The molecule has 1 amide bonds. The molecule has 1 unspecified atom stereocenters. The van der Waals surface area contributed by atoms with E-state index in [2.05, 4.69) is 12.2 Å². The third-order valence-corrected chi connectivity index (χ3v) is 4.75. The van der Waals surface area contributed by atoms with Crippen LogP contribution in [0.4, 0.5) is 4.79 Å². The van der Waals surface area contributed by atoms with E-state index in [0.717, 1.165) is 43.3 Å². The van der Waals surface area contributed by atoms with Gasteiger partial charge in [0.15, 0.2) is 5.17 Å². The zero-order chi connectivity index (χ0) is 14.4. The van der Waals surface area contributed by atoms with Crippen LogP contribution in [0.3, 0.4) is 0 Å². The van der Waals surface area contributed by atoms with E-state index < -0.39 is 0 Å². The van der Waals surface area contributed by atoms with Crippen LogP contribution < -0.4 is 5.32 Å². The first-order valence-electron chi connectivity index (χ1n) is 7.61. The van der Waals surface area contributed by atoms with Crippen molar-refractivity contribution in [2.24, 2.45) is 4.99 Å². The van der Waals surface area contributed by atoms with Gasteiger partial charge < -0.3 is 15.0 Å². The summed E-state index contributed by atoms with van der Waals surface area (Å²) in [5.41, 5.74) is 0. The molecule has 2 rings (SSSR count). The maximum Gasteiger partial charge on any atom is 0.409 e. The number of hydrogen-bond acceptors (Lipinski definition) is 5. The normalized spacial score (nSPS) is 24.2. The molecule has 0 aromatic rings. The van der Waals surface area contributed by atoms with Gasteiger partial charge in [0.25, 0.3) is 0 Å². The Morgan fingerprint density at radius 3 is 2.80 bits per heavy atom. The SMILES string of the molecule is CCOC(=O)N1CCC(NC2=NC(CC)CCS2)CC1. The number of nitrogens with zero attached hydrogens (tertiary/aromatic N) is 2. The minimum atomic E-state index is -0.179. The first-order chi connectivity index (χ1) is 9.72. The molecule has 0 radical (unpaired) electrons. The summed E-state index contributed by atoms with van der Waals surface area (Å²) in [6, 6.07) is 0.918. The predicted octanol–water partition coefficient (Wildman–Crippen LogP) is 2.47. The monoisotopic (exact) mass is 299 g/mol. The Hall–Kier alpha value is -0.910. The van der Waals surface area contributed by atoms with Gasteiger partial charge in [0, 0.05) is 24.9 Å². The molecule has 0 aromatic heterocycles. The number of ether oxygens (including phenoxy) is 1. The second kappa shape index (κ2) is 7.76. The zero-order valence-corrected chi connectivity index (χ0v) is 13.2. The molecular formula is C14H25N3O2S. The minimum absolute atomic E-state index is 0.179. The molecule has 0 aliphatic carbocycles. The van der Waals surface area contributed by atoms with Crippen LogP contribution in [0.2, 0.25) is 0 Å². The van der Waals surface area contributed by atoms with E-state index in [1.165, 1.54) is 6.42 Å². The van der Waals surface area contributed by atoms with E-state index in [1.807, 2.05) is 18.7 Å². The average molecular weight is 299 g/mol. The molecule has 0 saturated carbocycles. The molecule has 6 heteroatoms. The van der Waals surface area contributed by atoms with Gasteiger partial charge in [0.2, 0.25) is 0 Å². The molecule has 1 N–H and O–H groups in total. The van der Waals surface area contributed by atoms with Gasteiger partial charge in [-0.1, -0.05) is 18.7 Å². The van der Waals surface area contributed by atoms with Gasteiger partial charge >= 0.3 is 6.09 Å². The van der Waals surface area contributed by atoms with Crippen LogP contribution >= 0.6 is 11.8 Å². The van der Waals surface area contributed by atoms with Gasteiger partial charge in [0.05, 0.1) is 12.6 Å². The van der Waals surface area contributed by atoms with Crippen LogP contribution in [0.25, 0.3) is 0 Å². The number of nitrogens with one attached hydrogen (secondary N) is 1. The number of rotatable bonds is 3. The first-order valence-corrected chi connectivity index (χ1v) is 8.60. The van der Waals surface area contributed by atoms with Crippen LogP contribution in [-0.4, -0.2) is 53.7 Å². The van der Waals surface area contributed by atoms with Crippen LogP contribution in [-0.2, 0) is 4.74 Å². The first kappa shape index (κ1) is 15.5. The Morgan fingerprint density at radius 2 is 2.15 bits per heavy atom.